The molecule has 6 nitrogen and oxygen atoms in total. The monoisotopic (exact) mass is 291 g/mol. The Morgan fingerprint density at radius 3 is 2.86 bits per heavy atom. The normalized spacial score (nSPS) is 18.2. The number of nitrogen functional groups attached to an aromatic ring is 1. The van der Waals surface area contributed by atoms with Gasteiger partial charge in [-0.1, -0.05) is 0 Å². The lowest BCUT2D eigenvalue weighted by Gasteiger charge is -2.33. The fourth-order valence-corrected chi connectivity index (χ4v) is 2.66. The average Bonchev–Trinajstić information content (AvgIpc) is 2.54. The van der Waals surface area contributed by atoms with E-state index < -0.39 is 5.97 Å². The fraction of sp³-hybridized carbons (Fsp3) is 0.467. The summed E-state index contributed by atoms with van der Waals surface area (Å²) in [7, 11) is 2.98. The van der Waals surface area contributed by atoms with Gasteiger partial charge in [0.2, 0.25) is 5.91 Å². The van der Waals surface area contributed by atoms with E-state index in [1.807, 2.05) is 6.07 Å². The molecule has 1 aliphatic rings. The summed E-state index contributed by atoms with van der Waals surface area (Å²) >= 11 is 0. The van der Waals surface area contributed by atoms with Crippen LogP contribution in [0.3, 0.4) is 0 Å². The van der Waals surface area contributed by atoms with E-state index in [-0.39, 0.29) is 11.8 Å². The van der Waals surface area contributed by atoms with Crippen LogP contribution in [0, 0.1) is 5.92 Å². The van der Waals surface area contributed by atoms with Gasteiger partial charge in [0.15, 0.2) is 0 Å². The molecule has 0 saturated carbocycles. The molecule has 0 aliphatic carbocycles. The van der Waals surface area contributed by atoms with Gasteiger partial charge in [-0.25, -0.2) is 4.79 Å². The standard InChI is InChI=1S/C15H21N3O3/c1-17-14(19)10-4-3-7-18(9-10)11-5-6-13(16)12(8-11)15(20)21-2/h5-6,8,10H,3-4,7,9,16H2,1-2H3,(H,17,19). The molecule has 1 amide bonds. The first-order chi connectivity index (χ1) is 10.1. The number of nitrogens with one attached hydrogen (secondary N) is 1. The van der Waals surface area contributed by atoms with Crippen LogP contribution < -0.4 is 16.0 Å². The number of rotatable bonds is 3. The molecule has 2 rings (SSSR count). The quantitative estimate of drug-likeness (QED) is 0.641. The van der Waals surface area contributed by atoms with Crippen LogP contribution in [0.5, 0.6) is 0 Å². The maximum absolute atomic E-state index is 11.8. The van der Waals surface area contributed by atoms with Gasteiger partial charge in [-0.15, -0.1) is 0 Å². The molecule has 1 aromatic carbocycles. The second kappa shape index (κ2) is 6.47. The van der Waals surface area contributed by atoms with Crippen molar-refractivity contribution in [3.05, 3.63) is 23.8 Å². The first-order valence-electron chi connectivity index (χ1n) is 7.01. The molecule has 0 bridgehead atoms. The molecule has 6 heteroatoms. The number of amides is 1. The lowest BCUT2D eigenvalue weighted by molar-refractivity contribution is -0.124. The smallest absolute Gasteiger partial charge is 0.340 e. The van der Waals surface area contributed by atoms with Gasteiger partial charge in [-0.05, 0) is 31.0 Å². The van der Waals surface area contributed by atoms with Gasteiger partial charge in [0.25, 0.3) is 0 Å². The number of piperidine rings is 1. The lowest BCUT2D eigenvalue weighted by Crippen LogP contribution is -2.42. The molecule has 1 atom stereocenters. The zero-order valence-corrected chi connectivity index (χ0v) is 12.4. The van der Waals surface area contributed by atoms with E-state index in [2.05, 4.69) is 10.2 Å². The summed E-state index contributed by atoms with van der Waals surface area (Å²) in [5, 5.41) is 2.69. The zero-order valence-electron chi connectivity index (χ0n) is 12.4. The van der Waals surface area contributed by atoms with Crippen molar-refractivity contribution in [2.24, 2.45) is 5.92 Å². The van der Waals surface area contributed by atoms with Crippen molar-refractivity contribution in [2.45, 2.75) is 12.8 Å². The SMILES string of the molecule is CNC(=O)C1CCCN(c2ccc(N)c(C(=O)OC)c2)C1. The van der Waals surface area contributed by atoms with Crippen molar-refractivity contribution in [2.75, 3.05) is 37.9 Å². The van der Waals surface area contributed by atoms with Gasteiger partial charge in [-0.3, -0.25) is 4.79 Å². The number of ether oxygens (including phenoxy) is 1. The Kier molecular flexibility index (Phi) is 4.67. The third-order valence-electron chi connectivity index (χ3n) is 3.85. The van der Waals surface area contributed by atoms with Gasteiger partial charge in [0.05, 0.1) is 18.6 Å². The number of methoxy groups -OCH3 is 1. The van der Waals surface area contributed by atoms with Crippen LogP contribution in [0.2, 0.25) is 0 Å². The Morgan fingerprint density at radius 1 is 1.43 bits per heavy atom. The topological polar surface area (TPSA) is 84.7 Å². The number of hydrogen-bond donors (Lipinski definition) is 2. The zero-order chi connectivity index (χ0) is 15.4. The molecule has 1 saturated heterocycles. The predicted octanol–water partition coefficient (Wildman–Crippen LogP) is 1.02. The van der Waals surface area contributed by atoms with E-state index in [0.717, 1.165) is 25.1 Å². The number of nitrogens with two attached hydrogens (primary N) is 1. The summed E-state index contributed by atoms with van der Waals surface area (Å²) in [6, 6.07) is 5.30. The maximum Gasteiger partial charge on any atom is 0.340 e. The van der Waals surface area contributed by atoms with E-state index >= 15 is 0 Å². The Balaban J connectivity index is 2.21. The van der Waals surface area contributed by atoms with Crippen LogP contribution >= 0.6 is 0 Å². The molecule has 1 heterocycles. The van der Waals surface area contributed by atoms with Gasteiger partial charge in [0.1, 0.15) is 0 Å². The Morgan fingerprint density at radius 2 is 2.19 bits per heavy atom. The van der Waals surface area contributed by atoms with Crippen molar-refractivity contribution in [3.63, 3.8) is 0 Å². The third-order valence-corrected chi connectivity index (χ3v) is 3.85. The Bertz CT molecular complexity index is 545. The van der Waals surface area contributed by atoms with E-state index in [1.165, 1.54) is 7.11 Å². The first-order valence-corrected chi connectivity index (χ1v) is 7.01. The highest BCUT2D eigenvalue weighted by molar-refractivity contribution is 5.96. The largest absolute Gasteiger partial charge is 0.465 e. The minimum Gasteiger partial charge on any atom is -0.465 e. The molecule has 0 spiro atoms. The number of benzene rings is 1. The van der Waals surface area contributed by atoms with Gasteiger partial charge in [-0.2, -0.15) is 0 Å². The molecule has 1 aromatic rings. The summed E-state index contributed by atoms with van der Waals surface area (Å²) in [6.07, 6.45) is 1.82. The number of anilines is 2. The molecule has 114 valence electrons. The number of carbonyl (C=O) groups is 2. The van der Waals surface area contributed by atoms with Crippen molar-refractivity contribution in [1.29, 1.82) is 0 Å². The summed E-state index contributed by atoms with van der Waals surface area (Å²) in [4.78, 5) is 25.6. The second-order valence-electron chi connectivity index (χ2n) is 5.16. The highest BCUT2D eigenvalue weighted by Crippen LogP contribution is 2.26. The van der Waals surface area contributed by atoms with E-state index in [0.29, 0.717) is 17.8 Å². The highest BCUT2D eigenvalue weighted by atomic mass is 16.5. The first kappa shape index (κ1) is 15.2. The minimum absolute atomic E-state index is 0.0251. The lowest BCUT2D eigenvalue weighted by atomic mass is 9.96. The maximum atomic E-state index is 11.8. The molecular weight excluding hydrogens is 270 g/mol. The number of carbonyl (C=O) groups excluding carboxylic acids is 2. The van der Waals surface area contributed by atoms with Crippen molar-refractivity contribution < 1.29 is 14.3 Å². The number of esters is 1. The Labute approximate surface area is 124 Å². The molecule has 21 heavy (non-hydrogen) atoms. The van der Waals surface area contributed by atoms with E-state index in [1.54, 1.807) is 19.2 Å². The van der Waals surface area contributed by atoms with Gasteiger partial charge in [0, 0.05) is 31.5 Å². The number of hydrogen-bond acceptors (Lipinski definition) is 5. The Hall–Kier alpha value is -2.24. The molecular formula is C15H21N3O3. The summed E-state index contributed by atoms with van der Waals surface area (Å²) in [5.41, 5.74) is 7.45. The molecule has 3 N–H and O–H groups in total. The second-order valence-corrected chi connectivity index (χ2v) is 5.16. The third kappa shape index (κ3) is 3.26. The summed E-state index contributed by atoms with van der Waals surface area (Å²) in [6.45, 7) is 1.50. The highest BCUT2D eigenvalue weighted by Gasteiger charge is 2.25. The molecule has 1 unspecified atom stereocenters. The van der Waals surface area contributed by atoms with Crippen LogP contribution in [0.4, 0.5) is 11.4 Å². The van der Waals surface area contributed by atoms with E-state index in [9.17, 15) is 9.59 Å². The number of nitrogens with zero attached hydrogens (tertiary/aromatic N) is 1. The van der Waals surface area contributed by atoms with Crippen LogP contribution in [0.25, 0.3) is 0 Å². The van der Waals surface area contributed by atoms with Crippen LogP contribution in [-0.2, 0) is 9.53 Å². The van der Waals surface area contributed by atoms with Crippen LogP contribution in [-0.4, -0.2) is 39.1 Å². The fourth-order valence-electron chi connectivity index (χ4n) is 2.66. The van der Waals surface area contributed by atoms with Crippen molar-refractivity contribution >= 4 is 23.3 Å². The molecule has 1 fully saturated rings. The molecule has 0 radical (unpaired) electrons. The summed E-state index contributed by atoms with van der Waals surface area (Å²) < 4.78 is 4.73. The van der Waals surface area contributed by atoms with Crippen LogP contribution in [0.15, 0.2) is 18.2 Å². The van der Waals surface area contributed by atoms with Crippen LogP contribution in [0.1, 0.15) is 23.2 Å². The summed E-state index contributed by atoms with van der Waals surface area (Å²) in [5.74, 6) is -0.416. The predicted molar refractivity (Wildman–Crippen MR) is 81.2 cm³/mol. The van der Waals surface area contributed by atoms with Gasteiger partial charge >= 0.3 is 5.97 Å². The molecule has 0 aromatic heterocycles. The van der Waals surface area contributed by atoms with Gasteiger partial charge < -0.3 is 20.7 Å². The molecule has 1 aliphatic heterocycles. The van der Waals surface area contributed by atoms with E-state index in [4.69, 9.17) is 10.5 Å². The van der Waals surface area contributed by atoms with Crippen molar-refractivity contribution in [3.8, 4) is 0 Å². The average molecular weight is 291 g/mol. The van der Waals surface area contributed by atoms with Crippen molar-refractivity contribution in [1.82, 2.24) is 5.32 Å². The minimum atomic E-state index is -0.450.